The number of rotatable bonds is 2. The number of nitrogen functional groups attached to an aromatic ring is 2. The minimum absolute atomic E-state index is 0.0437. The molecular weight excluding hydrogens is 240 g/mol. The highest BCUT2D eigenvalue weighted by atomic mass is 16.2. The number of carbonyl (C=O) groups excluding carboxylic acids is 1. The van der Waals surface area contributed by atoms with Gasteiger partial charge in [-0.05, 0) is 18.2 Å². The summed E-state index contributed by atoms with van der Waals surface area (Å²) in [4.78, 5) is 16.3. The quantitative estimate of drug-likeness (QED) is 0.588. The van der Waals surface area contributed by atoms with Crippen LogP contribution in [0.1, 0.15) is 10.4 Å². The van der Waals surface area contributed by atoms with Gasteiger partial charge in [0.1, 0.15) is 0 Å². The Kier molecular flexibility index (Phi) is 3.93. The van der Waals surface area contributed by atoms with E-state index in [9.17, 15) is 4.79 Å². The summed E-state index contributed by atoms with van der Waals surface area (Å²) < 4.78 is 0. The molecule has 4 N–H and O–H groups in total. The normalized spacial score (nSPS) is 16.1. The van der Waals surface area contributed by atoms with Crippen LogP contribution in [0.15, 0.2) is 18.2 Å². The standard InChI is InChI=1S/C14H18N4O/c1-2-5-17-6-8-18(9-7-17)14(19)12-4-3-11(15)10-13(12)16/h1,3-4,10H,5-9,15-16H2. The molecule has 0 atom stereocenters. The number of anilines is 2. The number of carbonyl (C=O) groups is 1. The van der Waals surface area contributed by atoms with E-state index in [1.54, 1.807) is 23.1 Å². The van der Waals surface area contributed by atoms with Gasteiger partial charge < -0.3 is 16.4 Å². The van der Waals surface area contributed by atoms with E-state index in [1.807, 2.05) is 0 Å². The number of piperazine rings is 1. The van der Waals surface area contributed by atoms with Gasteiger partial charge in [0.2, 0.25) is 0 Å². The van der Waals surface area contributed by atoms with E-state index in [-0.39, 0.29) is 5.91 Å². The smallest absolute Gasteiger partial charge is 0.256 e. The van der Waals surface area contributed by atoms with Crippen LogP contribution < -0.4 is 11.5 Å². The van der Waals surface area contributed by atoms with Crippen molar-refractivity contribution < 1.29 is 4.79 Å². The summed E-state index contributed by atoms with van der Waals surface area (Å²) >= 11 is 0. The SMILES string of the molecule is C#CCN1CCN(C(=O)c2ccc(N)cc2N)CC1. The molecule has 1 aromatic carbocycles. The second kappa shape index (κ2) is 5.63. The van der Waals surface area contributed by atoms with Gasteiger partial charge in [-0.15, -0.1) is 6.42 Å². The molecule has 2 rings (SSSR count). The minimum Gasteiger partial charge on any atom is -0.399 e. The zero-order chi connectivity index (χ0) is 13.8. The monoisotopic (exact) mass is 258 g/mol. The third-order valence-electron chi connectivity index (χ3n) is 3.28. The topological polar surface area (TPSA) is 75.6 Å². The summed E-state index contributed by atoms with van der Waals surface area (Å²) in [5, 5.41) is 0. The Bertz CT molecular complexity index is 513. The van der Waals surface area contributed by atoms with Crippen molar-refractivity contribution in [1.82, 2.24) is 9.80 Å². The third kappa shape index (κ3) is 2.98. The Morgan fingerprint density at radius 2 is 1.95 bits per heavy atom. The van der Waals surface area contributed by atoms with Gasteiger partial charge in [0, 0.05) is 37.6 Å². The van der Waals surface area contributed by atoms with Crippen molar-refractivity contribution in [3.05, 3.63) is 23.8 Å². The van der Waals surface area contributed by atoms with Crippen LogP contribution in [0.2, 0.25) is 0 Å². The second-order valence-electron chi connectivity index (χ2n) is 4.62. The molecule has 0 aliphatic carbocycles. The Morgan fingerprint density at radius 3 is 2.53 bits per heavy atom. The predicted octanol–water partition coefficient (Wildman–Crippen LogP) is 0.242. The van der Waals surface area contributed by atoms with Crippen LogP contribution >= 0.6 is 0 Å². The Hall–Kier alpha value is -2.19. The molecule has 1 aromatic rings. The molecule has 0 unspecified atom stereocenters. The van der Waals surface area contributed by atoms with Crippen molar-refractivity contribution in [2.24, 2.45) is 0 Å². The molecule has 5 heteroatoms. The summed E-state index contributed by atoms with van der Waals surface area (Å²) in [5.41, 5.74) is 13.0. The van der Waals surface area contributed by atoms with Crippen LogP contribution in [0.3, 0.4) is 0 Å². The van der Waals surface area contributed by atoms with Crippen LogP contribution in [0.4, 0.5) is 11.4 Å². The zero-order valence-corrected chi connectivity index (χ0v) is 10.8. The first-order valence-corrected chi connectivity index (χ1v) is 6.22. The van der Waals surface area contributed by atoms with E-state index < -0.39 is 0 Å². The fourth-order valence-corrected chi connectivity index (χ4v) is 2.18. The number of hydrogen-bond donors (Lipinski definition) is 2. The maximum absolute atomic E-state index is 12.3. The van der Waals surface area contributed by atoms with Crippen molar-refractivity contribution in [2.75, 3.05) is 44.2 Å². The van der Waals surface area contributed by atoms with Crippen LogP contribution in [-0.2, 0) is 0 Å². The molecule has 1 amide bonds. The summed E-state index contributed by atoms with van der Waals surface area (Å²) in [6.07, 6.45) is 5.28. The fraction of sp³-hybridized carbons (Fsp3) is 0.357. The van der Waals surface area contributed by atoms with E-state index in [4.69, 9.17) is 17.9 Å². The van der Waals surface area contributed by atoms with Crippen molar-refractivity contribution in [2.45, 2.75) is 0 Å². The van der Waals surface area contributed by atoms with Crippen LogP contribution in [-0.4, -0.2) is 48.4 Å². The Balaban J connectivity index is 2.03. The van der Waals surface area contributed by atoms with Gasteiger partial charge in [-0.1, -0.05) is 5.92 Å². The average Bonchev–Trinajstić information content (AvgIpc) is 2.39. The fourth-order valence-electron chi connectivity index (χ4n) is 2.18. The van der Waals surface area contributed by atoms with Crippen LogP contribution in [0, 0.1) is 12.3 Å². The van der Waals surface area contributed by atoms with E-state index in [1.165, 1.54) is 0 Å². The maximum Gasteiger partial charge on any atom is 0.256 e. The largest absolute Gasteiger partial charge is 0.399 e. The van der Waals surface area contributed by atoms with Gasteiger partial charge in [-0.25, -0.2) is 0 Å². The van der Waals surface area contributed by atoms with E-state index in [0.717, 1.165) is 13.1 Å². The highest BCUT2D eigenvalue weighted by Gasteiger charge is 2.22. The van der Waals surface area contributed by atoms with Crippen molar-refractivity contribution in [1.29, 1.82) is 0 Å². The average molecular weight is 258 g/mol. The molecule has 1 heterocycles. The van der Waals surface area contributed by atoms with Gasteiger partial charge in [-0.3, -0.25) is 9.69 Å². The first-order chi connectivity index (χ1) is 9.11. The van der Waals surface area contributed by atoms with Gasteiger partial charge in [-0.2, -0.15) is 0 Å². The van der Waals surface area contributed by atoms with Gasteiger partial charge in [0.15, 0.2) is 0 Å². The summed E-state index contributed by atoms with van der Waals surface area (Å²) in [6, 6.07) is 4.99. The van der Waals surface area contributed by atoms with E-state index in [2.05, 4.69) is 10.8 Å². The molecule has 0 spiro atoms. The zero-order valence-electron chi connectivity index (χ0n) is 10.8. The number of amides is 1. The van der Waals surface area contributed by atoms with Gasteiger partial charge in [0.05, 0.1) is 12.1 Å². The minimum atomic E-state index is -0.0437. The Labute approximate surface area is 113 Å². The third-order valence-corrected chi connectivity index (χ3v) is 3.28. The first-order valence-electron chi connectivity index (χ1n) is 6.22. The molecule has 0 radical (unpaired) electrons. The lowest BCUT2D eigenvalue weighted by atomic mass is 10.1. The van der Waals surface area contributed by atoms with E-state index in [0.29, 0.717) is 36.6 Å². The molecule has 0 aromatic heterocycles. The molecule has 1 aliphatic rings. The lowest BCUT2D eigenvalue weighted by Crippen LogP contribution is -2.48. The number of nitrogens with zero attached hydrogens (tertiary/aromatic N) is 2. The predicted molar refractivity (Wildman–Crippen MR) is 76.4 cm³/mol. The van der Waals surface area contributed by atoms with Gasteiger partial charge in [0.25, 0.3) is 5.91 Å². The van der Waals surface area contributed by atoms with Crippen molar-refractivity contribution in [3.63, 3.8) is 0 Å². The highest BCUT2D eigenvalue weighted by molar-refractivity contribution is 5.99. The molecule has 100 valence electrons. The molecule has 19 heavy (non-hydrogen) atoms. The van der Waals surface area contributed by atoms with Crippen molar-refractivity contribution in [3.8, 4) is 12.3 Å². The lowest BCUT2D eigenvalue weighted by Gasteiger charge is -2.33. The molecule has 1 saturated heterocycles. The maximum atomic E-state index is 12.3. The van der Waals surface area contributed by atoms with Crippen LogP contribution in [0.5, 0.6) is 0 Å². The number of hydrogen-bond acceptors (Lipinski definition) is 4. The summed E-state index contributed by atoms with van der Waals surface area (Å²) in [6.45, 7) is 3.57. The number of terminal acetylenes is 1. The molecule has 5 nitrogen and oxygen atoms in total. The van der Waals surface area contributed by atoms with Crippen molar-refractivity contribution >= 4 is 17.3 Å². The van der Waals surface area contributed by atoms with Gasteiger partial charge >= 0.3 is 0 Å². The highest BCUT2D eigenvalue weighted by Crippen LogP contribution is 2.18. The molecule has 1 aliphatic heterocycles. The lowest BCUT2D eigenvalue weighted by molar-refractivity contribution is 0.0653. The molecule has 0 saturated carbocycles. The first kappa shape index (κ1) is 13.2. The number of benzene rings is 1. The number of nitrogens with two attached hydrogens (primary N) is 2. The molecular formula is C14H18N4O. The molecule has 1 fully saturated rings. The Morgan fingerprint density at radius 1 is 1.26 bits per heavy atom. The van der Waals surface area contributed by atoms with E-state index >= 15 is 0 Å². The summed E-state index contributed by atoms with van der Waals surface area (Å²) in [7, 11) is 0. The second-order valence-corrected chi connectivity index (χ2v) is 4.62. The molecule has 0 bridgehead atoms. The summed E-state index contributed by atoms with van der Waals surface area (Å²) in [5.74, 6) is 2.57. The van der Waals surface area contributed by atoms with Crippen LogP contribution in [0.25, 0.3) is 0 Å².